The summed E-state index contributed by atoms with van der Waals surface area (Å²) in [7, 11) is -3.88. The summed E-state index contributed by atoms with van der Waals surface area (Å²) in [4.78, 5) is -0.395. The molecular formula is C11H17FN2O2S2. The van der Waals surface area contributed by atoms with Crippen molar-refractivity contribution < 1.29 is 12.8 Å². The molecule has 0 saturated heterocycles. The highest BCUT2D eigenvalue weighted by Gasteiger charge is 2.22. The molecular weight excluding hydrogens is 275 g/mol. The van der Waals surface area contributed by atoms with Gasteiger partial charge in [0.2, 0.25) is 10.0 Å². The smallest absolute Gasteiger partial charge is 0.243 e. The van der Waals surface area contributed by atoms with Gasteiger partial charge in [0.05, 0.1) is 0 Å². The number of hydrogen-bond donors (Lipinski definition) is 2. The van der Waals surface area contributed by atoms with Gasteiger partial charge in [-0.25, -0.2) is 17.5 Å². The van der Waals surface area contributed by atoms with Crippen LogP contribution in [-0.2, 0) is 10.0 Å². The number of nitrogens with one attached hydrogen (secondary N) is 1. The predicted octanol–water partition coefficient (Wildman–Crippen LogP) is 1.75. The first kappa shape index (κ1) is 15.3. The molecule has 1 atom stereocenters. The number of anilines is 1. The first-order valence-corrected chi connectivity index (χ1v) is 8.22. The highest BCUT2D eigenvalue weighted by molar-refractivity contribution is 7.98. The first-order chi connectivity index (χ1) is 8.27. The Morgan fingerprint density at radius 3 is 2.67 bits per heavy atom. The third kappa shape index (κ3) is 3.60. The summed E-state index contributed by atoms with van der Waals surface area (Å²) in [5.74, 6) is -0.143. The van der Waals surface area contributed by atoms with Crippen molar-refractivity contribution in [1.29, 1.82) is 0 Å². The Labute approximate surface area is 111 Å². The van der Waals surface area contributed by atoms with Gasteiger partial charge in [-0.2, -0.15) is 11.8 Å². The molecule has 0 aliphatic heterocycles. The Morgan fingerprint density at radius 1 is 1.50 bits per heavy atom. The monoisotopic (exact) mass is 292 g/mol. The number of rotatable bonds is 5. The Hall–Kier alpha value is -0.790. The molecule has 1 aromatic carbocycles. The topological polar surface area (TPSA) is 72.2 Å². The largest absolute Gasteiger partial charge is 0.399 e. The molecule has 0 radical (unpaired) electrons. The number of nitrogens with two attached hydrogens (primary N) is 1. The summed E-state index contributed by atoms with van der Waals surface area (Å²) < 4.78 is 40.3. The SMILES string of the molecule is CSCC(C)NS(=O)(=O)c1cc(N)cc(C)c1F. The summed E-state index contributed by atoms with van der Waals surface area (Å²) in [5, 5.41) is 0. The summed E-state index contributed by atoms with van der Waals surface area (Å²) >= 11 is 1.51. The molecule has 102 valence electrons. The standard InChI is InChI=1S/C11H17FN2O2S2/c1-7-4-9(13)5-10(11(7)12)18(15,16)14-8(2)6-17-3/h4-5,8,14H,6,13H2,1-3H3. The van der Waals surface area contributed by atoms with Gasteiger partial charge in [-0.3, -0.25) is 0 Å². The molecule has 1 aromatic rings. The summed E-state index contributed by atoms with van der Waals surface area (Å²) in [6, 6.07) is 2.27. The number of thioether (sulfide) groups is 1. The molecule has 0 heterocycles. The van der Waals surface area contributed by atoms with E-state index in [9.17, 15) is 12.8 Å². The number of sulfonamides is 1. The molecule has 4 nitrogen and oxygen atoms in total. The van der Waals surface area contributed by atoms with E-state index in [0.717, 1.165) is 6.07 Å². The maximum absolute atomic E-state index is 13.8. The van der Waals surface area contributed by atoms with Crippen molar-refractivity contribution in [2.24, 2.45) is 0 Å². The molecule has 1 unspecified atom stereocenters. The minimum atomic E-state index is -3.88. The Kier molecular flexibility index (Phi) is 5.01. The van der Waals surface area contributed by atoms with Gasteiger partial charge in [0.15, 0.2) is 0 Å². The minimum absolute atomic E-state index is 0.216. The second-order valence-corrected chi connectivity index (χ2v) is 6.72. The van der Waals surface area contributed by atoms with Crippen molar-refractivity contribution >= 4 is 27.5 Å². The van der Waals surface area contributed by atoms with Crippen LogP contribution < -0.4 is 10.5 Å². The fourth-order valence-electron chi connectivity index (χ4n) is 1.57. The molecule has 18 heavy (non-hydrogen) atoms. The van der Waals surface area contributed by atoms with E-state index in [4.69, 9.17) is 5.73 Å². The van der Waals surface area contributed by atoms with E-state index in [1.54, 1.807) is 6.92 Å². The maximum atomic E-state index is 13.8. The Balaban J connectivity index is 3.13. The number of nitrogen functional groups attached to an aromatic ring is 1. The lowest BCUT2D eigenvalue weighted by Gasteiger charge is -2.14. The van der Waals surface area contributed by atoms with E-state index in [0.29, 0.717) is 5.75 Å². The van der Waals surface area contributed by atoms with Gasteiger partial charge < -0.3 is 5.73 Å². The van der Waals surface area contributed by atoms with Gasteiger partial charge in [0.1, 0.15) is 10.7 Å². The van der Waals surface area contributed by atoms with E-state index in [1.807, 2.05) is 6.26 Å². The summed E-state index contributed by atoms with van der Waals surface area (Å²) in [6.07, 6.45) is 1.87. The van der Waals surface area contributed by atoms with Crippen molar-refractivity contribution in [3.05, 3.63) is 23.5 Å². The van der Waals surface area contributed by atoms with E-state index >= 15 is 0 Å². The van der Waals surface area contributed by atoms with Crippen molar-refractivity contribution in [3.63, 3.8) is 0 Å². The molecule has 0 spiro atoms. The van der Waals surface area contributed by atoms with E-state index in [1.165, 1.54) is 24.8 Å². The number of halogens is 1. The zero-order valence-corrected chi connectivity index (χ0v) is 12.2. The Morgan fingerprint density at radius 2 is 2.11 bits per heavy atom. The Bertz CT molecular complexity index is 532. The van der Waals surface area contributed by atoms with Gasteiger partial charge in [-0.15, -0.1) is 0 Å². The predicted molar refractivity (Wildman–Crippen MR) is 73.7 cm³/mol. The van der Waals surface area contributed by atoms with Gasteiger partial charge in [0, 0.05) is 17.5 Å². The number of benzene rings is 1. The third-order valence-electron chi connectivity index (χ3n) is 2.31. The van der Waals surface area contributed by atoms with Crippen LogP contribution >= 0.6 is 11.8 Å². The zero-order valence-electron chi connectivity index (χ0n) is 10.5. The van der Waals surface area contributed by atoms with Gasteiger partial charge in [0.25, 0.3) is 0 Å². The molecule has 0 aromatic heterocycles. The molecule has 0 bridgehead atoms. The molecule has 3 N–H and O–H groups in total. The van der Waals surface area contributed by atoms with Crippen LogP contribution in [0.4, 0.5) is 10.1 Å². The molecule has 1 rings (SSSR count). The van der Waals surface area contributed by atoms with Crippen LogP contribution in [-0.4, -0.2) is 26.5 Å². The lowest BCUT2D eigenvalue weighted by Crippen LogP contribution is -2.34. The minimum Gasteiger partial charge on any atom is -0.399 e. The van der Waals surface area contributed by atoms with Crippen molar-refractivity contribution in [3.8, 4) is 0 Å². The van der Waals surface area contributed by atoms with E-state index in [-0.39, 0.29) is 17.3 Å². The van der Waals surface area contributed by atoms with Gasteiger partial charge in [-0.1, -0.05) is 0 Å². The van der Waals surface area contributed by atoms with E-state index in [2.05, 4.69) is 4.72 Å². The first-order valence-electron chi connectivity index (χ1n) is 5.35. The highest BCUT2D eigenvalue weighted by Crippen LogP contribution is 2.21. The quantitative estimate of drug-likeness (QED) is 0.811. The molecule has 0 fully saturated rings. The average molecular weight is 292 g/mol. The lowest BCUT2D eigenvalue weighted by molar-refractivity contribution is 0.547. The van der Waals surface area contributed by atoms with Crippen molar-refractivity contribution in [1.82, 2.24) is 4.72 Å². The molecule has 7 heteroatoms. The van der Waals surface area contributed by atoms with Gasteiger partial charge >= 0.3 is 0 Å². The molecule has 0 amide bonds. The van der Waals surface area contributed by atoms with Crippen molar-refractivity contribution in [2.45, 2.75) is 24.8 Å². The third-order valence-corrected chi connectivity index (χ3v) is 4.73. The summed E-state index contributed by atoms with van der Waals surface area (Å²) in [5.41, 5.74) is 6.00. The van der Waals surface area contributed by atoms with Gasteiger partial charge in [-0.05, 0) is 37.8 Å². The number of aryl methyl sites for hydroxylation is 1. The molecule has 0 aliphatic rings. The highest BCUT2D eigenvalue weighted by atomic mass is 32.2. The second-order valence-electron chi connectivity index (χ2n) is 4.13. The van der Waals surface area contributed by atoms with Crippen LogP contribution in [0.1, 0.15) is 12.5 Å². The second kappa shape index (κ2) is 5.90. The van der Waals surface area contributed by atoms with Crippen LogP contribution in [0.25, 0.3) is 0 Å². The summed E-state index contributed by atoms with van der Waals surface area (Å²) in [6.45, 7) is 3.21. The zero-order chi connectivity index (χ0) is 13.9. The fraction of sp³-hybridized carbons (Fsp3) is 0.455. The van der Waals surface area contributed by atoms with Crippen LogP contribution in [0.2, 0.25) is 0 Å². The van der Waals surface area contributed by atoms with Crippen molar-refractivity contribution in [2.75, 3.05) is 17.7 Å². The number of hydrogen-bond acceptors (Lipinski definition) is 4. The normalized spacial score (nSPS) is 13.6. The average Bonchev–Trinajstić information content (AvgIpc) is 2.22. The maximum Gasteiger partial charge on any atom is 0.243 e. The van der Waals surface area contributed by atoms with E-state index < -0.39 is 20.7 Å². The van der Waals surface area contributed by atoms with Crippen LogP contribution in [0.15, 0.2) is 17.0 Å². The van der Waals surface area contributed by atoms with Crippen LogP contribution in [0, 0.1) is 12.7 Å². The molecule has 0 aliphatic carbocycles. The van der Waals surface area contributed by atoms with Crippen LogP contribution in [0.3, 0.4) is 0 Å². The lowest BCUT2D eigenvalue weighted by atomic mass is 10.2. The van der Waals surface area contributed by atoms with Crippen LogP contribution in [0.5, 0.6) is 0 Å². The fourth-order valence-corrected chi connectivity index (χ4v) is 3.69. The molecule has 0 saturated carbocycles.